The van der Waals surface area contributed by atoms with Crippen molar-refractivity contribution in [3.63, 3.8) is 0 Å². The van der Waals surface area contributed by atoms with Crippen LogP contribution in [0, 0.1) is 5.82 Å². The number of aromatic nitrogens is 2. The summed E-state index contributed by atoms with van der Waals surface area (Å²) in [6.07, 6.45) is 1.04. The lowest BCUT2D eigenvalue weighted by Gasteiger charge is -2.24. The first-order valence-electron chi connectivity index (χ1n) is 10.1. The van der Waals surface area contributed by atoms with Gasteiger partial charge in [0, 0.05) is 28.9 Å². The molecule has 0 aliphatic carbocycles. The predicted molar refractivity (Wildman–Crippen MR) is 121 cm³/mol. The van der Waals surface area contributed by atoms with Crippen LogP contribution in [0.15, 0.2) is 59.1 Å². The van der Waals surface area contributed by atoms with Crippen molar-refractivity contribution in [2.45, 2.75) is 0 Å². The smallest absolute Gasteiger partial charge is 0.381 e. The number of rotatable bonds is 7. The van der Waals surface area contributed by atoms with Gasteiger partial charge in [0.25, 0.3) is 0 Å². The number of likely N-dealkylation sites (N-methyl/N-ethyl adjacent to an activating group) is 1. The van der Waals surface area contributed by atoms with Crippen molar-refractivity contribution in [3.05, 3.63) is 66.3 Å². The van der Waals surface area contributed by atoms with E-state index < -0.39 is 5.82 Å². The van der Waals surface area contributed by atoms with E-state index in [4.69, 9.17) is 4.42 Å². The van der Waals surface area contributed by atoms with Crippen molar-refractivity contribution in [2.75, 3.05) is 37.9 Å². The maximum absolute atomic E-state index is 14.2. The van der Waals surface area contributed by atoms with Gasteiger partial charge in [-0.25, -0.2) is 14.2 Å². The molecule has 0 unspecified atom stereocenters. The summed E-state index contributed by atoms with van der Waals surface area (Å²) in [6, 6.07) is 13.1. The molecule has 2 heterocycles. The monoisotopic (exact) mass is 452 g/mol. The normalized spacial score (nSPS) is 11.5. The largest absolute Gasteiger partial charge is 0.508 e. The van der Waals surface area contributed by atoms with Crippen molar-refractivity contribution in [1.82, 2.24) is 9.97 Å². The highest BCUT2D eigenvalue weighted by molar-refractivity contribution is 5.93. The Balaban J connectivity index is 1.56. The highest BCUT2D eigenvalue weighted by atomic mass is 19.1. The van der Waals surface area contributed by atoms with E-state index in [9.17, 15) is 19.4 Å². The third-order valence-electron chi connectivity index (χ3n) is 5.05. The van der Waals surface area contributed by atoms with Crippen LogP contribution in [-0.4, -0.2) is 57.8 Å². The maximum atomic E-state index is 14.2. The molecule has 0 saturated carbocycles. The number of quaternary nitrogens is 1. The molecule has 4 N–H and O–H groups in total. The molecule has 0 aliphatic heterocycles. The second kappa shape index (κ2) is 8.85. The molecule has 33 heavy (non-hydrogen) atoms. The average molecular weight is 452 g/mol. The van der Waals surface area contributed by atoms with E-state index in [1.807, 2.05) is 0 Å². The quantitative estimate of drug-likeness (QED) is 0.313. The van der Waals surface area contributed by atoms with Crippen LogP contribution in [-0.2, 0) is 0 Å². The Hall–Kier alpha value is -4.02. The van der Waals surface area contributed by atoms with Crippen LogP contribution < -0.4 is 10.6 Å². The van der Waals surface area contributed by atoms with E-state index in [0.29, 0.717) is 22.3 Å². The van der Waals surface area contributed by atoms with E-state index in [1.54, 1.807) is 50.5 Å². The van der Waals surface area contributed by atoms with E-state index in [1.165, 1.54) is 12.1 Å². The van der Waals surface area contributed by atoms with Crippen LogP contribution in [0.5, 0.6) is 5.75 Å². The molecule has 2 aromatic carbocycles. The summed E-state index contributed by atoms with van der Waals surface area (Å²) in [5.74, 6) is -0.577. The van der Waals surface area contributed by atoms with E-state index in [0.717, 1.165) is 6.20 Å². The van der Waals surface area contributed by atoms with Crippen molar-refractivity contribution < 1.29 is 28.3 Å². The maximum Gasteiger partial charge on any atom is 0.381 e. The number of aliphatic hydroxyl groups is 1. The summed E-state index contributed by atoms with van der Waals surface area (Å²) in [5.41, 5.74) is 1.61. The highest BCUT2D eigenvalue weighted by Gasteiger charge is 2.30. The third-order valence-corrected chi connectivity index (χ3v) is 5.05. The number of carbonyl (C=O) groups excluding carboxylic acids is 1. The lowest BCUT2D eigenvalue weighted by Crippen LogP contribution is -2.47. The lowest BCUT2D eigenvalue weighted by atomic mass is 10.2. The van der Waals surface area contributed by atoms with Crippen LogP contribution in [0.3, 0.4) is 0 Å². The molecule has 1 amide bonds. The number of nitrogens with one attached hydrogen (secondary N) is 2. The summed E-state index contributed by atoms with van der Waals surface area (Å²) in [4.78, 5) is 20.9. The number of phenolic OH excluding ortho intramolecular Hbond substituents is 1. The second-order valence-corrected chi connectivity index (χ2v) is 7.99. The molecule has 0 spiro atoms. The molecule has 170 valence electrons. The summed E-state index contributed by atoms with van der Waals surface area (Å²) < 4.78 is 19.8. The zero-order valence-corrected chi connectivity index (χ0v) is 18.0. The van der Waals surface area contributed by atoms with Gasteiger partial charge in [-0.2, -0.15) is 4.98 Å². The zero-order valence-electron chi connectivity index (χ0n) is 18.0. The lowest BCUT2D eigenvalue weighted by molar-refractivity contribution is -0.808. The Kier molecular flexibility index (Phi) is 5.95. The summed E-state index contributed by atoms with van der Waals surface area (Å²) in [6.45, 7) is 0.149. The van der Waals surface area contributed by atoms with Gasteiger partial charge in [-0.3, -0.25) is 4.48 Å². The van der Waals surface area contributed by atoms with Crippen molar-refractivity contribution in [3.8, 4) is 5.75 Å². The van der Waals surface area contributed by atoms with Crippen LogP contribution in [0.2, 0.25) is 0 Å². The fourth-order valence-corrected chi connectivity index (χ4v) is 3.24. The number of benzene rings is 2. The predicted octanol–water partition coefficient (Wildman–Crippen LogP) is 3.76. The molecular formula is C23H23FN5O4+. The van der Waals surface area contributed by atoms with Gasteiger partial charge in [0.1, 0.15) is 17.9 Å². The number of fused-ring (bicyclic) bond motifs is 1. The van der Waals surface area contributed by atoms with Crippen molar-refractivity contribution in [2.24, 2.45) is 0 Å². The van der Waals surface area contributed by atoms with E-state index in [-0.39, 0.29) is 46.8 Å². The summed E-state index contributed by atoms with van der Waals surface area (Å²) in [5, 5.41) is 25.3. The number of nitrogens with zero attached hydrogens (tertiary/aromatic N) is 3. The first-order chi connectivity index (χ1) is 15.7. The van der Waals surface area contributed by atoms with Crippen molar-refractivity contribution >= 4 is 40.0 Å². The standard InChI is InChI=1S/C23H22FN5O4/c1-29(2,8-9-30)22(32)20-11-14-10-16(6-7-19(14)33-20)27-23-25-13-18(24)21(28-23)26-15-4-3-5-17(31)12-15/h3-7,10-13,30H,8-9H2,1-2H3,(H2-,25,26,27,28,31)/p+1. The molecule has 0 aliphatic rings. The molecule has 9 nitrogen and oxygen atoms in total. The third kappa shape index (κ3) is 4.92. The molecule has 4 aromatic rings. The molecule has 4 rings (SSSR count). The Labute approximate surface area is 188 Å². The van der Waals surface area contributed by atoms with Crippen LogP contribution in [0.1, 0.15) is 10.6 Å². The van der Waals surface area contributed by atoms with Crippen molar-refractivity contribution in [1.29, 1.82) is 0 Å². The number of amides is 1. The number of carbonyl (C=O) groups is 1. The molecule has 10 heteroatoms. The summed E-state index contributed by atoms with van der Waals surface area (Å²) >= 11 is 0. The fourth-order valence-electron chi connectivity index (χ4n) is 3.24. The number of hydrogen-bond acceptors (Lipinski definition) is 8. The number of furan rings is 1. The second-order valence-electron chi connectivity index (χ2n) is 7.99. The zero-order chi connectivity index (χ0) is 23.6. The number of phenols is 1. The minimum atomic E-state index is -0.652. The fraction of sp³-hybridized carbons (Fsp3) is 0.174. The number of anilines is 4. The Morgan fingerprint density at radius 3 is 2.67 bits per heavy atom. The van der Waals surface area contributed by atoms with Gasteiger partial charge in [0.15, 0.2) is 11.6 Å². The minimum absolute atomic E-state index is 0.0395. The van der Waals surface area contributed by atoms with Gasteiger partial charge in [0.05, 0.1) is 26.9 Å². The van der Waals surface area contributed by atoms with Gasteiger partial charge in [-0.15, -0.1) is 0 Å². The number of halogens is 1. The molecule has 0 radical (unpaired) electrons. The number of hydrogen-bond donors (Lipinski definition) is 4. The van der Waals surface area contributed by atoms with E-state index >= 15 is 0 Å². The highest BCUT2D eigenvalue weighted by Crippen LogP contribution is 2.27. The average Bonchev–Trinajstić information content (AvgIpc) is 3.19. The first-order valence-corrected chi connectivity index (χ1v) is 10.1. The minimum Gasteiger partial charge on any atom is -0.508 e. The Morgan fingerprint density at radius 1 is 1.12 bits per heavy atom. The molecule has 2 aromatic heterocycles. The number of aliphatic hydroxyl groups excluding tert-OH is 1. The van der Waals surface area contributed by atoms with Crippen LogP contribution in [0.25, 0.3) is 11.0 Å². The van der Waals surface area contributed by atoms with Gasteiger partial charge < -0.3 is 25.3 Å². The molecule has 0 fully saturated rings. The van der Waals surface area contributed by atoms with Gasteiger partial charge >= 0.3 is 5.91 Å². The topological polar surface area (TPSA) is 121 Å². The molecule has 0 atom stereocenters. The Morgan fingerprint density at radius 2 is 1.91 bits per heavy atom. The molecular weight excluding hydrogens is 429 g/mol. The summed E-state index contributed by atoms with van der Waals surface area (Å²) in [7, 11) is 3.40. The number of aromatic hydroxyl groups is 1. The first kappa shape index (κ1) is 22.2. The molecule has 0 bridgehead atoms. The van der Waals surface area contributed by atoms with Crippen LogP contribution >= 0.6 is 0 Å². The van der Waals surface area contributed by atoms with Gasteiger partial charge in [0.2, 0.25) is 11.7 Å². The van der Waals surface area contributed by atoms with Gasteiger partial charge in [-0.1, -0.05) is 6.07 Å². The van der Waals surface area contributed by atoms with E-state index in [2.05, 4.69) is 20.6 Å². The molecule has 0 saturated heterocycles. The van der Waals surface area contributed by atoms with Gasteiger partial charge in [-0.05, 0) is 30.3 Å². The Bertz CT molecular complexity index is 1320. The van der Waals surface area contributed by atoms with Crippen LogP contribution in [0.4, 0.5) is 27.5 Å². The SMILES string of the molecule is C[N+](C)(CCO)C(=O)c1cc2cc(Nc3ncc(F)c(Nc4cccc(O)c4)n3)ccc2o1.